The molecule has 0 aromatic heterocycles. The predicted octanol–water partition coefficient (Wildman–Crippen LogP) is 2.94. The Morgan fingerprint density at radius 1 is 1.13 bits per heavy atom. The topological polar surface area (TPSA) is 94.2 Å². The van der Waals surface area contributed by atoms with Crippen LogP contribution in [0.5, 0.6) is 0 Å². The highest BCUT2D eigenvalue weighted by Gasteiger charge is 2.26. The molecule has 0 spiro atoms. The Kier molecular flexibility index (Phi) is 9.45. The summed E-state index contributed by atoms with van der Waals surface area (Å²) in [4.78, 5) is 39.2. The van der Waals surface area contributed by atoms with Gasteiger partial charge in [-0.1, -0.05) is 24.3 Å². The molecule has 1 aliphatic heterocycles. The summed E-state index contributed by atoms with van der Waals surface area (Å²) in [5.74, 6) is -0.680. The van der Waals surface area contributed by atoms with E-state index < -0.39 is 23.7 Å². The Hall–Kier alpha value is -2.45. The Morgan fingerprint density at radius 2 is 1.77 bits per heavy atom. The summed E-state index contributed by atoms with van der Waals surface area (Å²) < 4.78 is 15.6. The Labute approximate surface area is 184 Å². The first-order chi connectivity index (χ1) is 14.7. The third kappa shape index (κ3) is 9.06. The van der Waals surface area contributed by atoms with E-state index in [1.165, 1.54) is 0 Å². The minimum atomic E-state index is -0.945. The Balaban J connectivity index is 1.91. The third-order valence-electron chi connectivity index (χ3n) is 4.71. The second-order valence-corrected chi connectivity index (χ2v) is 8.50. The normalized spacial score (nSPS) is 15.7. The van der Waals surface area contributed by atoms with Gasteiger partial charge in [-0.15, -0.1) is 0 Å². The molecule has 0 aliphatic carbocycles. The molecule has 1 N–H and O–H groups in total. The van der Waals surface area contributed by atoms with Crippen LogP contribution in [0.15, 0.2) is 24.3 Å². The standard InChI is InChI=1S/C23H34N2O6/c1-5-30-21(27)19(24-22(28)31-23(2,3)4)10-11-20(26)18-8-6-17(7-9-18)16-25-12-14-29-15-13-25/h6-9,19H,5,10-16H2,1-4H3,(H,24,28)/t19-/m0/s1. The molecular formula is C23H34N2O6. The van der Waals surface area contributed by atoms with Crippen molar-refractivity contribution in [2.24, 2.45) is 0 Å². The van der Waals surface area contributed by atoms with Crippen molar-refractivity contribution in [3.05, 3.63) is 35.4 Å². The van der Waals surface area contributed by atoms with E-state index in [1.807, 2.05) is 12.1 Å². The molecule has 1 aliphatic rings. The van der Waals surface area contributed by atoms with E-state index in [2.05, 4.69) is 10.2 Å². The van der Waals surface area contributed by atoms with Gasteiger partial charge in [0.15, 0.2) is 5.78 Å². The first-order valence-electron chi connectivity index (χ1n) is 10.8. The highest BCUT2D eigenvalue weighted by molar-refractivity contribution is 5.96. The number of carbonyl (C=O) groups is 3. The van der Waals surface area contributed by atoms with Crippen molar-refractivity contribution < 1.29 is 28.6 Å². The van der Waals surface area contributed by atoms with E-state index in [9.17, 15) is 14.4 Å². The van der Waals surface area contributed by atoms with Crippen LogP contribution in [0.3, 0.4) is 0 Å². The number of Topliss-reactive ketones (excluding diaryl/α,β-unsaturated/α-hetero) is 1. The molecule has 1 aromatic rings. The second-order valence-electron chi connectivity index (χ2n) is 8.50. The fraction of sp³-hybridized carbons (Fsp3) is 0.609. The number of amides is 1. The molecule has 31 heavy (non-hydrogen) atoms. The molecule has 1 fully saturated rings. The highest BCUT2D eigenvalue weighted by atomic mass is 16.6. The van der Waals surface area contributed by atoms with Gasteiger partial charge in [0.25, 0.3) is 0 Å². The predicted molar refractivity (Wildman–Crippen MR) is 116 cm³/mol. The van der Waals surface area contributed by atoms with Crippen LogP contribution in [0.25, 0.3) is 0 Å². The van der Waals surface area contributed by atoms with E-state index in [1.54, 1.807) is 39.8 Å². The van der Waals surface area contributed by atoms with Crippen molar-refractivity contribution >= 4 is 17.8 Å². The van der Waals surface area contributed by atoms with E-state index >= 15 is 0 Å². The van der Waals surface area contributed by atoms with Crippen LogP contribution in [-0.2, 0) is 25.5 Å². The van der Waals surface area contributed by atoms with Crippen LogP contribution in [0.4, 0.5) is 4.79 Å². The number of ketones is 1. The van der Waals surface area contributed by atoms with Gasteiger partial charge in [0.1, 0.15) is 11.6 Å². The third-order valence-corrected chi connectivity index (χ3v) is 4.71. The van der Waals surface area contributed by atoms with Gasteiger partial charge in [-0.05, 0) is 39.7 Å². The van der Waals surface area contributed by atoms with Crippen molar-refractivity contribution in [3.63, 3.8) is 0 Å². The van der Waals surface area contributed by atoms with E-state index in [0.717, 1.165) is 38.4 Å². The number of ether oxygens (including phenoxy) is 3. The number of alkyl carbamates (subject to hydrolysis) is 1. The summed E-state index contributed by atoms with van der Waals surface area (Å²) in [6, 6.07) is 6.56. The zero-order chi connectivity index (χ0) is 22.9. The van der Waals surface area contributed by atoms with Gasteiger partial charge in [0.2, 0.25) is 0 Å². The zero-order valence-electron chi connectivity index (χ0n) is 18.9. The van der Waals surface area contributed by atoms with Gasteiger partial charge in [-0.2, -0.15) is 0 Å². The number of morpholine rings is 1. The van der Waals surface area contributed by atoms with Gasteiger partial charge >= 0.3 is 12.1 Å². The van der Waals surface area contributed by atoms with Crippen molar-refractivity contribution in [1.82, 2.24) is 10.2 Å². The molecule has 1 heterocycles. The summed E-state index contributed by atoms with van der Waals surface area (Å²) in [5, 5.41) is 2.52. The number of nitrogens with zero attached hydrogens (tertiary/aromatic N) is 1. The molecule has 1 amide bonds. The minimum Gasteiger partial charge on any atom is -0.464 e. The lowest BCUT2D eigenvalue weighted by atomic mass is 10.0. The van der Waals surface area contributed by atoms with Crippen LogP contribution >= 0.6 is 0 Å². The number of benzene rings is 1. The van der Waals surface area contributed by atoms with E-state index in [4.69, 9.17) is 14.2 Å². The smallest absolute Gasteiger partial charge is 0.408 e. The van der Waals surface area contributed by atoms with Gasteiger partial charge in [-0.3, -0.25) is 9.69 Å². The summed E-state index contributed by atoms with van der Waals surface area (Å²) in [5.41, 5.74) is 1.02. The summed E-state index contributed by atoms with van der Waals surface area (Å²) in [7, 11) is 0. The van der Waals surface area contributed by atoms with Crippen molar-refractivity contribution in [2.75, 3.05) is 32.9 Å². The van der Waals surface area contributed by atoms with Gasteiger partial charge in [-0.25, -0.2) is 9.59 Å². The molecule has 0 radical (unpaired) electrons. The van der Waals surface area contributed by atoms with Crippen LogP contribution < -0.4 is 5.32 Å². The fourth-order valence-corrected chi connectivity index (χ4v) is 3.17. The molecule has 0 bridgehead atoms. The molecule has 8 nitrogen and oxygen atoms in total. The molecule has 0 saturated carbocycles. The summed E-state index contributed by atoms with van der Waals surface area (Å²) >= 11 is 0. The summed E-state index contributed by atoms with van der Waals surface area (Å²) in [6.45, 7) is 11.2. The monoisotopic (exact) mass is 434 g/mol. The van der Waals surface area contributed by atoms with Gasteiger partial charge in [0, 0.05) is 31.6 Å². The fourth-order valence-electron chi connectivity index (χ4n) is 3.17. The number of hydrogen-bond acceptors (Lipinski definition) is 7. The lowest BCUT2D eigenvalue weighted by Crippen LogP contribution is -2.44. The van der Waals surface area contributed by atoms with Crippen LogP contribution in [0.2, 0.25) is 0 Å². The molecule has 172 valence electrons. The second kappa shape index (κ2) is 11.8. The number of rotatable bonds is 9. The maximum absolute atomic E-state index is 12.6. The lowest BCUT2D eigenvalue weighted by Gasteiger charge is -2.26. The van der Waals surface area contributed by atoms with Crippen LogP contribution in [0.1, 0.15) is 56.5 Å². The lowest BCUT2D eigenvalue weighted by molar-refractivity contribution is -0.145. The highest BCUT2D eigenvalue weighted by Crippen LogP contribution is 2.13. The molecule has 0 unspecified atom stereocenters. The zero-order valence-corrected chi connectivity index (χ0v) is 18.9. The van der Waals surface area contributed by atoms with Crippen molar-refractivity contribution in [1.29, 1.82) is 0 Å². The quantitative estimate of drug-likeness (QED) is 0.472. The Morgan fingerprint density at radius 3 is 2.35 bits per heavy atom. The van der Waals surface area contributed by atoms with Crippen molar-refractivity contribution in [3.8, 4) is 0 Å². The van der Waals surface area contributed by atoms with Crippen LogP contribution in [0, 0.1) is 0 Å². The van der Waals surface area contributed by atoms with Crippen molar-refractivity contribution in [2.45, 2.75) is 58.7 Å². The molecule has 1 aromatic carbocycles. The van der Waals surface area contributed by atoms with Gasteiger partial charge < -0.3 is 19.5 Å². The largest absolute Gasteiger partial charge is 0.464 e. The van der Waals surface area contributed by atoms with E-state index in [-0.39, 0.29) is 25.2 Å². The van der Waals surface area contributed by atoms with E-state index in [0.29, 0.717) is 5.56 Å². The average Bonchev–Trinajstić information content (AvgIpc) is 2.71. The minimum absolute atomic E-state index is 0.0989. The Bertz CT molecular complexity index is 735. The van der Waals surface area contributed by atoms with Gasteiger partial charge in [0.05, 0.1) is 19.8 Å². The molecule has 2 rings (SSSR count). The van der Waals surface area contributed by atoms with Crippen LogP contribution in [-0.4, -0.2) is 67.3 Å². The molecule has 1 atom stereocenters. The molecular weight excluding hydrogens is 400 g/mol. The average molecular weight is 435 g/mol. The maximum atomic E-state index is 12.6. The first-order valence-corrected chi connectivity index (χ1v) is 10.8. The number of nitrogens with one attached hydrogen (secondary N) is 1. The number of esters is 1. The molecule has 8 heteroatoms. The molecule has 1 saturated heterocycles. The number of carbonyl (C=O) groups excluding carboxylic acids is 3. The SMILES string of the molecule is CCOC(=O)[C@H](CCC(=O)c1ccc(CN2CCOCC2)cc1)NC(=O)OC(C)(C)C. The maximum Gasteiger partial charge on any atom is 0.408 e. The first kappa shape index (κ1) is 24.8. The summed E-state index contributed by atoms with van der Waals surface area (Å²) in [6.07, 6.45) is -0.486. The number of hydrogen-bond donors (Lipinski definition) is 1.